The molecule has 0 aromatic heterocycles. The summed E-state index contributed by atoms with van der Waals surface area (Å²) in [6.45, 7) is 2.20. The van der Waals surface area contributed by atoms with E-state index in [1.165, 1.54) is 0 Å². The predicted octanol–water partition coefficient (Wildman–Crippen LogP) is 1.83. The number of benzene rings is 1. The summed E-state index contributed by atoms with van der Waals surface area (Å²) in [7, 11) is 0. The summed E-state index contributed by atoms with van der Waals surface area (Å²) in [6.07, 6.45) is 0.907. The molecule has 0 spiro atoms. The molecule has 0 heterocycles. The van der Waals surface area contributed by atoms with Crippen molar-refractivity contribution >= 4 is 0 Å². The van der Waals surface area contributed by atoms with Crippen LogP contribution in [0.4, 0.5) is 0 Å². The molecule has 0 fully saturated rings. The second kappa shape index (κ2) is 4.21. The molecule has 0 aliphatic heterocycles. The van der Waals surface area contributed by atoms with Crippen molar-refractivity contribution in [2.75, 3.05) is 0 Å². The average Bonchev–Trinajstić information content (AvgIpc) is 2.04. The quantitative estimate of drug-likeness (QED) is 0.675. The van der Waals surface area contributed by atoms with Crippen LogP contribution in [0.3, 0.4) is 0 Å². The van der Waals surface area contributed by atoms with Gasteiger partial charge in [0.1, 0.15) is 0 Å². The molecule has 12 heavy (non-hydrogen) atoms. The van der Waals surface area contributed by atoms with Gasteiger partial charge in [-0.25, -0.2) is 0 Å². The van der Waals surface area contributed by atoms with Crippen LogP contribution >= 0.6 is 0 Å². The van der Waals surface area contributed by atoms with Crippen molar-refractivity contribution in [3.63, 3.8) is 0 Å². The largest absolute Gasteiger partial charge is 0.289 e. The molecule has 0 unspecified atom stereocenters. The van der Waals surface area contributed by atoms with Crippen LogP contribution in [0.15, 0.2) is 24.3 Å². The van der Waals surface area contributed by atoms with Gasteiger partial charge in [0.15, 0.2) is 0 Å². The minimum Gasteiger partial charge on any atom is -0.289 e. The second-order valence-electron chi connectivity index (χ2n) is 2.65. The van der Waals surface area contributed by atoms with Crippen LogP contribution < -0.4 is 0 Å². The molecule has 3 nitrogen and oxygen atoms in total. The van der Waals surface area contributed by atoms with Gasteiger partial charge < -0.3 is 0 Å². The van der Waals surface area contributed by atoms with Crippen molar-refractivity contribution in [3.05, 3.63) is 35.4 Å². The normalized spacial score (nSPS) is 10.7. The third-order valence-corrected chi connectivity index (χ3v) is 1.81. The molecule has 0 aliphatic rings. The number of rotatable bonds is 3. The lowest BCUT2D eigenvalue weighted by Crippen LogP contribution is -2.13. The Balaban J connectivity index is 2.82. The van der Waals surface area contributed by atoms with Crippen molar-refractivity contribution in [2.45, 2.75) is 19.9 Å². The zero-order valence-electron chi connectivity index (χ0n) is 7.07. The van der Waals surface area contributed by atoms with E-state index < -0.39 is 0 Å². The van der Waals surface area contributed by atoms with Crippen LogP contribution in [0.1, 0.15) is 18.1 Å². The summed E-state index contributed by atoms with van der Waals surface area (Å²) in [6, 6.07) is 7.70. The van der Waals surface area contributed by atoms with Crippen molar-refractivity contribution in [3.8, 4) is 0 Å². The highest BCUT2D eigenvalue weighted by molar-refractivity contribution is 5.26. The van der Waals surface area contributed by atoms with Gasteiger partial charge in [0.05, 0.1) is 6.54 Å². The average molecular weight is 167 g/mol. The summed E-state index contributed by atoms with van der Waals surface area (Å²) in [4.78, 5) is 0. The van der Waals surface area contributed by atoms with E-state index in [1.807, 2.05) is 31.2 Å². The first kappa shape index (κ1) is 9.19. The first-order valence-electron chi connectivity index (χ1n) is 3.96. The maximum absolute atomic E-state index is 8.61. The fourth-order valence-corrected chi connectivity index (χ4v) is 1.21. The lowest BCUT2D eigenvalue weighted by atomic mass is 10.1. The number of hydrogen-bond donors (Lipinski definition) is 2. The van der Waals surface area contributed by atoms with Gasteiger partial charge in [0, 0.05) is 0 Å². The Kier molecular flexibility index (Phi) is 3.22. The number of aryl methyl sites for hydroxylation is 1. The predicted molar refractivity (Wildman–Crippen MR) is 44.9 cm³/mol. The SMILES string of the molecule is CCc1ccccc1CN(O)O. The highest BCUT2D eigenvalue weighted by Gasteiger charge is 2.01. The zero-order chi connectivity index (χ0) is 8.97. The van der Waals surface area contributed by atoms with Crippen LogP contribution in [0.5, 0.6) is 0 Å². The molecule has 0 amide bonds. The van der Waals surface area contributed by atoms with Gasteiger partial charge in [-0.3, -0.25) is 10.4 Å². The van der Waals surface area contributed by atoms with E-state index in [0.717, 1.165) is 17.5 Å². The highest BCUT2D eigenvalue weighted by atomic mass is 16.8. The fraction of sp³-hybridized carbons (Fsp3) is 0.333. The summed E-state index contributed by atoms with van der Waals surface area (Å²) in [5, 5.41) is 17.4. The lowest BCUT2D eigenvalue weighted by Gasteiger charge is -2.09. The molecule has 1 aromatic carbocycles. The third kappa shape index (κ3) is 2.30. The van der Waals surface area contributed by atoms with E-state index >= 15 is 0 Å². The lowest BCUT2D eigenvalue weighted by molar-refractivity contribution is -0.314. The molecule has 2 N–H and O–H groups in total. The summed E-state index contributed by atoms with van der Waals surface area (Å²) in [5.74, 6) is 0. The van der Waals surface area contributed by atoms with E-state index in [2.05, 4.69) is 0 Å². The first-order valence-corrected chi connectivity index (χ1v) is 3.96. The van der Waals surface area contributed by atoms with Crippen LogP contribution in [0.25, 0.3) is 0 Å². The molecule has 0 radical (unpaired) electrons. The minimum atomic E-state index is 0.157. The Morgan fingerprint density at radius 3 is 2.25 bits per heavy atom. The van der Waals surface area contributed by atoms with E-state index in [-0.39, 0.29) is 11.8 Å². The van der Waals surface area contributed by atoms with Gasteiger partial charge in [-0.15, -0.1) is 0 Å². The Morgan fingerprint density at radius 2 is 1.75 bits per heavy atom. The van der Waals surface area contributed by atoms with Gasteiger partial charge in [0.2, 0.25) is 0 Å². The molecule has 0 saturated carbocycles. The van der Waals surface area contributed by atoms with E-state index in [1.54, 1.807) is 0 Å². The summed E-state index contributed by atoms with van der Waals surface area (Å²) >= 11 is 0. The molecule has 0 atom stereocenters. The van der Waals surface area contributed by atoms with Crippen molar-refractivity contribution < 1.29 is 10.4 Å². The van der Waals surface area contributed by atoms with Crippen molar-refractivity contribution in [1.29, 1.82) is 0 Å². The topological polar surface area (TPSA) is 43.7 Å². The summed E-state index contributed by atoms with van der Waals surface area (Å²) in [5.41, 5.74) is 2.09. The van der Waals surface area contributed by atoms with Gasteiger partial charge in [-0.1, -0.05) is 36.4 Å². The standard InChI is InChI=1S/C9H13NO2/c1-2-8-5-3-4-6-9(8)7-10(11)12/h3-6,11-12H,2,7H2,1H3. The van der Waals surface area contributed by atoms with Crippen LogP contribution in [0.2, 0.25) is 0 Å². The maximum atomic E-state index is 8.61. The fourth-order valence-electron chi connectivity index (χ4n) is 1.21. The van der Waals surface area contributed by atoms with E-state index in [4.69, 9.17) is 10.4 Å². The molecule has 3 heteroatoms. The van der Waals surface area contributed by atoms with Crippen LogP contribution in [-0.2, 0) is 13.0 Å². The Hall–Kier alpha value is -0.900. The number of hydroxylamine groups is 2. The number of hydrogen-bond acceptors (Lipinski definition) is 3. The maximum Gasteiger partial charge on any atom is 0.0765 e. The Labute approximate surface area is 71.8 Å². The van der Waals surface area contributed by atoms with E-state index in [0.29, 0.717) is 0 Å². The molecule has 1 rings (SSSR count). The van der Waals surface area contributed by atoms with Gasteiger partial charge in [-0.2, -0.15) is 0 Å². The van der Waals surface area contributed by atoms with Crippen LogP contribution in [-0.4, -0.2) is 15.6 Å². The highest BCUT2D eigenvalue weighted by Crippen LogP contribution is 2.10. The number of nitrogens with zero attached hydrogens (tertiary/aromatic N) is 1. The molecule has 0 bridgehead atoms. The zero-order valence-corrected chi connectivity index (χ0v) is 7.07. The Morgan fingerprint density at radius 1 is 1.17 bits per heavy atom. The smallest absolute Gasteiger partial charge is 0.0765 e. The summed E-state index contributed by atoms with van der Waals surface area (Å²) < 4.78 is 0. The Bertz CT molecular complexity index is 248. The van der Waals surface area contributed by atoms with Crippen molar-refractivity contribution in [1.82, 2.24) is 5.23 Å². The van der Waals surface area contributed by atoms with Gasteiger partial charge in [0.25, 0.3) is 0 Å². The van der Waals surface area contributed by atoms with Crippen molar-refractivity contribution in [2.24, 2.45) is 0 Å². The van der Waals surface area contributed by atoms with Gasteiger partial charge in [-0.05, 0) is 17.5 Å². The molecular weight excluding hydrogens is 154 g/mol. The molecule has 66 valence electrons. The first-order chi connectivity index (χ1) is 5.74. The molecular formula is C9H13NO2. The molecule has 0 aliphatic carbocycles. The van der Waals surface area contributed by atoms with E-state index in [9.17, 15) is 0 Å². The third-order valence-electron chi connectivity index (χ3n) is 1.81. The molecule has 0 saturated heterocycles. The minimum absolute atomic E-state index is 0.157. The van der Waals surface area contributed by atoms with Crippen LogP contribution in [0, 0.1) is 0 Å². The second-order valence-corrected chi connectivity index (χ2v) is 2.65. The molecule has 1 aromatic rings. The monoisotopic (exact) mass is 167 g/mol. The van der Waals surface area contributed by atoms with Gasteiger partial charge >= 0.3 is 0 Å².